The van der Waals surface area contributed by atoms with Crippen LogP contribution in [0.2, 0.25) is 0 Å². The lowest BCUT2D eigenvalue weighted by Gasteiger charge is -2.31. The molecule has 6 aromatic rings. The fourth-order valence-electron chi connectivity index (χ4n) is 7.09. The molecule has 2 unspecified atom stereocenters. The minimum absolute atomic E-state index is 0.462. The van der Waals surface area contributed by atoms with Crippen LogP contribution in [0.5, 0.6) is 5.75 Å². The summed E-state index contributed by atoms with van der Waals surface area (Å²) in [7, 11) is 0. The van der Waals surface area contributed by atoms with Gasteiger partial charge in [0.2, 0.25) is 0 Å². The van der Waals surface area contributed by atoms with Gasteiger partial charge in [0.15, 0.2) is 0 Å². The first-order valence-corrected chi connectivity index (χ1v) is 16.4. The van der Waals surface area contributed by atoms with Crippen molar-refractivity contribution >= 4 is 11.6 Å². The van der Waals surface area contributed by atoms with Crippen molar-refractivity contribution in [2.45, 2.75) is 44.6 Å². The molecule has 0 spiro atoms. The van der Waals surface area contributed by atoms with E-state index in [1.54, 1.807) is 12.4 Å². The predicted octanol–water partition coefficient (Wildman–Crippen LogP) is 9.23. The van der Waals surface area contributed by atoms with E-state index in [1.165, 1.54) is 55.0 Å². The zero-order chi connectivity index (χ0) is 31.1. The van der Waals surface area contributed by atoms with Crippen LogP contribution in [-0.4, -0.2) is 4.98 Å². The molecule has 2 aliphatic rings. The quantitative estimate of drug-likeness (QED) is 0.191. The Balaban J connectivity index is 0.000000508. The third-order valence-corrected chi connectivity index (χ3v) is 9.46. The van der Waals surface area contributed by atoms with Crippen molar-refractivity contribution in [3.63, 3.8) is 0 Å². The first-order chi connectivity index (χ1) is 22.8. The van der Waals surface area contributed by atoms with Crippen LogP contribution in [-0.2, 0) is 13.0 Å². The maximum absolute atomic E-state index is 6.12. The van der Waals surface area contributed by atoms with Crippen molar-refractivity contribution in [2.24, 2.45) is 0 Å². The van der Waals surface area contributed by atoms with Gasteiger partial charge in [0.1, 0.15) is 12.4 Å². The summed E-state index contributed by atoms with van der Waals surface area (Å²) in [6.45, 7) is 2.99. The lowest BCUT2D eigenvalue weighted by Crippen LogP contribution is -2.38. The maximum atomic E-state index is 6.12. The van der Waals surface area contributed by atoms with E-state index in [4.69, 9.17) is 4.74 Å². The van der Waals surface area contributed by atoms with E-state index >= 15 is 0 Å². The number of pyridine rings is 1. The summed E-state index contributed by atoms with van der Waals surface area (Å²) in [5.41, 5.74) is 11.0. The number of ether oxygens (including phenoxy) is 1. The summed E-state index contributed by atoms with van der Waals surface area (Å²) in [6.07, 6.45) is 9.19. The third kappa shape index (κ3) is 6.30. The highest BCUT2D eigenvalue weighted by Crippen LogP contribution is 2.40. The van der Waals surface area contributed by atoms with Crippen molar-refractivity contribution in [3.8, 4) is 16.9 Å². The number of hydrogen-bond donors (Lipinski definition) is 0. The molecule has 0 bridgehead atoms. The summed E-state index contributed by atoms with van der Waals surface area (Å²) in [5.74, 6) is 1.87. The minimum atomic E-state index is 0.462. The zero-order valence-electron chi connectivity index (χ0n) is 26.3. The first kappa shape index (κ1) is 29.5. The topological polar surface area (TPSA) is 22.1 Å². The maximum Gasteiger partial charge on any atom is 0.119 e. The molecule has 0 radical (unpaired) electrons. The molecule has 1 heterocycles. The van der Waals surface area contributed by atoms with Crippen LogP contribution in [0.3, 0.4) is 0 Å². The number of hydrogen-bond acceptors (Lipinski definition) is 2. The van der Waals surface area contributed by atoms with Gasteiger partial charge in [-0.05, 0) is 110 Å². The lowest BCUT2D eigenvalue weighted by atomic mass is 9.72. The number of nitrogens with zero attached hydrogens (tertiary/aromatic N) is 1. The van der Waals surface area contributed by atoms with E-state index in [0.29, 0.717) is 18.4 Å². The smallest absolute Gasteiger partial charge is 0.119 e. The minimum Gasteiger partial charge on any atom is -0.489 e. The molecule has 2 nitrogen and oxygen atoms in total. The van der Waals surface area contributed by atoms with Gasteiger partial charge >= 0.3 is 0 Å². The van der Waals surface area contributed by atoms with Gasteiger partial charge in [-0.25, -0.2) is 0 Å². The largest absolute Gasteiger partial charge is 0.489 e. The van der Waals surface area contributed by atoms with Crippen LogP contribution in [0.4, 0.5) is 0 Å². The Kier molecular flexibility index (Phi) is 8.87. The SMILES string of the molecule is CC(c1ccccc1)C1CCC(c2ccc(OCc3ccccc3)cc2)=c2c1ccc1c2=CCc2ccccc2-1.c1ccncc1. The van der Waals surface area contributed by atoms with E-state index in [-0.39, 0.29) is 0 Å². The van der Waals surface area contributed by atoms with Crippen LogP contribution in [0.15, 0.2) is 152 Å². The Morgan fingerprint density at radius 3 is 2.11 bits per heavy atom. The van der Waals surface area contributed by atoms with E-state index in [0.717, 1.165) is 25.0 Å². The number of rotatable bonds is 6. The van der Waals surface area contributed by atoms with Crippen molar-refractivity contribution in [1.82, 2.24) is 4.98 Å². The van der Waals surface area contributed by atoms with Gasteiger partial charge in [-0.15, -0.1) is 0 Å². The second-order valence-electron chi connectivity index (χ2n) is 12.2. The lowest BCUT2D eigenvalue weighted by molar-refractivity contribution is 0.306. The van der Waals surface area contributed by atoms with E-state index in [9.17, 15) is 0 Å². The molecule has 0 saturated carbocycles. The van der Waals surface area contributed by atoms with Gasteiger partial charge in [-0.3, -0.25) is 4.98 Å². The van der Waals surface area contributed by atoms with Gasteiger partial charge in [0, 0.05) is 12.4 Å². The second kappa shape index (κ2) is 13.8. The molecule has 1 aromatic heterocycles. The first-order valence-electron chi connectivity index (χ1n) is 16.4. The van der Waals surface area contributed by atoms with Crippen molar-refractivity contribution in [3.05, 3.63) is 190 Å². The standard InChI is InChI=1S/C39H34O.C5H5N/c1-27(29-12-6-3-7-13-29)33-22-23-35(31-16-19-32(20-17-31)40-26-28-10-4-2-5-11-28)39-37(33)25-24-36-34-15-9-8-14-30(34)18-21-38(36)39;1-2-4-6-5-3-1/h2-17,19-21,24-25,27,33H,18,22-23,26H2,1H3;1-5H. The molecule has 2 heteroatoms. The van der Waals surface area contributed by atoms with Crippen LogP contribution in [0.25, 0.3) is 22.8 Å². The predicted molar refractivity (Wildman–Crippen MR) is 190 cm³/mol. The monoisotopic (exact) mass is 597 g/mol. The molecule has 0 fully saturated rings. The molecular weight excluding hydrogens is 558 g/mol. The zero-order valence-corrected chi connectivity index (χ0v) is 26.3. The fraction of sp³-hybridized carbons (Fsp3) is 0.159. The third-order valence-electron chi connectivity index (χ3n) is 9.46. The van der Waals surface area contributed by atoms with E-state index in [2.05, 4.69) is 133 Å². The van der Waals surface area contributed by atoms with Crippen molar-refractivity contribution in [2.75, 3.05) is 0 Å². The van der Waals surface area contributed by atoms with Crippen LogP contribution >= 0.6 is 0 Å². The highest BCUT2D eigenvalue weighted by molar-refractivity contribution is 5.77. The average Bonchev–Trinajstić information content (AvgIpc) is 3.15. The highest BCUT2D eigenvalue weighted by Gasteiger charge is 2.28. The molecule has 226 valence electrons. The fourth-order valence-corrected chi connectivity index (χ4v) is 7.09. The summed E-state index contributed by atoms with van der Waals surface area (Å²) in [6, 6.07) is 49.6. The Bertz CT molecular complexity index is 1990. The van der Waals surface area contributed by atoms with Gasteiger partial charge < -0.3 is 4.74 Å². The number of fused-ring (bicyclic) bond motifs is 5. The molecule has 2 aliphatic carbocycles. The van der Waals surface area contributed by atoms with Crippen LogP contribution in [0.1, 0.15) is 59.4 Å². The van der Waals surface area contributed by atoms with Crippen molar-refractivity contribution < 1.29 is 4.74 Å². The molecule has 8 rings (SSSR count). The van der Waals surface area contributed by atoms with Crippen LogP contribution < -0.4 is 15.2 Å². The Morgan fingerprint density at radius 1 is 0.696 bits per heavy atom. The Hall–Kier alpha value is -5.21. The normalized spacial score (nSPS) is 15.2. The second-order valence-corrected chi connectivity index (χ2v) is 12.2. The molecule has 0 N–H and O–H groups in total. The number of aromatic nitrogens is 1. The van der Waals surface area contributed by atoms with Crippen LogP contribution in [0, 0.1) is 0 Å². The molecule has 0 amide bonds. The summed E-state index contributed by atoms with van der Waals surface area (Å²) in [5, 5.41) is 2.88. The molecule has 0 aliphatic heterocycles. The molecule has 5 aromatic carbocycles. The van der Waals surface area contributed by atoms with Gasteiger partial charge in [-0.1, -0.05) is 128 Å². The molecular formula is C44H39NO. The van der Waals surface area contributed by atoms with Gasteiger partial charge in [0.25, 0.3) is 0 Å². The highest BCUT2D eigenvalue weighted by atomic mass is 16.5. The molecule has 2 atom stereocenters. The number of benzene rings is 5. The average molecular weight is 598 g/mol. The Morgan fingerprint density at radius 2 is 1.39 bits per heavy atom. The van der Waals surface area contributed by atoms with Crippen molar-refractivity contribution in [1.29, 1.82) is 0 Å². The van der Waals surface area contributed by atoms with E-state index < -0.39 is 0 Å². The molecule has 0 saturated heterocycles. The van der Waals surface area contributed by atoms with Gasteiger partial charge in [0.05, 0.1) is 0 Å². The summed E-state index contributed by atoms with van der Waals surface area (Å²) >= 11 is 0. The Labute approximate surface area is 272 Å². The van der Waals surface area contributed by atoms with E-state index in [1.807, 2.05) is 24.3 Å². The molecule has 46 heavy (non-hydrogen) atoms. The summed E-state index contributed by atoms with van der Waals surface area (Å²) in [4.78, 5) is 3.78. The van der Waals surface area contributed by atoms with Gasteiger partial charge in [-0.2, -0.15) is 0 Å². The summed E-state index contributed by atoms with van der Waals surface area (Å²) < 4.78 is 6.12.